The lowest BCUT2D eigenvalue weighted by molar-refractivity contribution is -0.401. The van der Waals surface area contributed by atoms with Crippen molar-refractivity contribution in [2.24, 2.45) is 0 Å². The van der Waals surface area contributed by atoms with Crippen LogP contribution >= 0.6 is 0 Å². The van der Waals surface area contributed by atoms with Crippen LogP contribution in [0.15, 0.2) is 24.4 Å². The summed E-state index contributed by atoms with van der Waals surface area (Å²) >= 11 is 0. The van der Waals surface area contributed by atoms with Crippen LogP contribution in [0.3, 0.4) is 0 Å². The molecule has 1 rings (SSSR count). The van der Waals surface area contributed by atoms with Crippen molar-refractivity contribution in [3.63, 3.8) is 0 Å². The van der Waals surface area contributed by atoms with Gasteiger partial charge in [-0.25, -0.2) is 0 Å². The molecule has 78 valence electrons. The van der Waals surface area contributed by atoms with Crippen molar-refractivity contribution in [3.05, 3.63) is 55.8 Å². The van der Waals surface area contributed by atoms with E-state index in [2.05, 4.69) is 0 Å². The molecule has 0 heterocycles. The van der Waals surface area contributed by atoms with Crippen LogP contribution in [0.2, 0.25) is 0 Å². The molecule has 0 saturated heterocycles. The highest BCUT2D eigenvalue weighted by molar-refractivity contribution is 5.62. The van der Waals surface area contributed by atoms with Crippen molar-refractivity contribution in [2.75, 3.05) is 0 Å². The molecule has 0 atom stereocenters. The van der Waals surface area contributed by atoms with Gasteiger partial charge < -0.3 is 0 Å². The number of nitrogens with zero attached hydrogens (tertiary/aromatic N) is 2. The average Bonchev–Trinajstić information content (AvgIpc) is 2.13. The summed E-state index contributed by atoms with van der Waals surface area (Å²) in [6.45, 7) is 1.58. The van der Waals surface area contributed by atoms with Gasteiger partial charge in [0.25, 0.3) is 5.69 Å². The Labute approximate surface area is 85.1 Å². The van der Waals surface area contributed by atoms with E-state index in [0.29, 0.717) is 11.8 Å². The van der Waals surface area contributed by atoms with Gasteiger partial charge in [0.1, 0.15) is 0 Å². The first-order chi connectivity index (χ1) is 7.02. The van der Waals surface area contributed by atoms with E-state index >= 15 is 0 Å². The van der Waals surface area contributed by atoms with E-state index in [0.717, 1.165) is 6.08 Å². The van der Waals surface area contributed by atoms with E-state index in [1.54, 1.807) is 19.1 Å². The molecule has 0 amide bonds. The van der Waals surface area contributed by atoms with E-state index < -0.39 is 9.85 Å². The topological polar surface area (TPSA) is 86.3 Å². The van der Waals surface area contributed by atoms with Crippen LogP contribution in [0.4, 0.5) is 5.69 Å². The predicted octanol–water partition coefficient (Wildman–Crippen LogP) is 2.15. The summed E-state index contributed by atoms with van der Waals surface area (Å²) in [4.78, 5) is 19.6. The lowest BCUT2D eigenvalue weighted by atomic mass is 10.1. The summed E-state index contributed by atoms with van der Waals surface area (Å²) < 4.78 is 0. The number of para-hydroxylation sites is 1. The molecule has 1 aromatic carbocycles. The summed E-state index contributed by atoms with van der Waals surface area (Å²) in [5.41, 5.74) is 0.609. The first kappa shape index (κ1) is 10.8. The van der Waals surface area contributed by atoms with E-state index in [1.165, 1.54) is 6.07 Å². The molecule has 1 aromatic rings. The summed E-state index contributed by atoms with van der Waals surface area (Å²) in [5.74, 6) is 0. The highest BCUT2D eigenvalue weighted by Crippen LogP contribution is 2.23. The number of benzene rings is 1. The summed E-state index contributed by atoms with van der Waals surface area (Å²) in [5, 5.41) is 20.8. The maximum absolute atomic E-state index is 10.7. The van der Waals surface area contributed by atoms with Crippen molar-refractivity contribution in [2.45, 2.75) is 6.92 Å². The van der Waals surface area contributed by atoms with E-state index in [4.69, 9.17) is 0 Å². The SMILES string of the molecule is Cc1cccc(/C=C/[N+](=O)[O-])c1[N+](=O)[O-]. The monoisotopic (exact) mass is 208 g/mol. The number of hydrogen-bond acceptors (Lipinski definition) is 4. The Morgan fingerprint density at radius 1 is 1.27 bits per heavy atom. The highest BCUT2D eigenvalue weighted by atomic mass is 16.6. The molecule has 15 heavy (non-hydrogen) atoms. The lowest BCUT2D eigenvalue weighted by Gasteiger charge is -1.99. The van der Waals surface area contributed by atoms with Gasteiger partial charge in [0.15, 0.2) is 0 Å². The Balaban J connectivity index is 3.23. The highest BCUT2D eigenvalue weighted by Gasteiger charge is 2.14. The number of aryl methyl sites for hydroxylation is 1. The average molecular weight is 208 g/mol. The molecule has 0 saturated carbocycles. The summed E-state index contributed by atoms with van der Waals surface area (Å²) in [7, 11) is 0. The molecule has 0 radical (unpaired) electrons. The maximum Gasteiger partial charge on any atom is 0.279 e. The number of hydrogen-bond donors (Lipinski definition) is 0. The fraction of sp³-hybridized carbons (Fsp3) is 0.111. The van der Waals surface area contributed by atoms with Gasteiger partial charge in [-0.3, -0.25) is 20.2 Å². The van der Waals surface area contributed by atoms with Crippen LogP contribution in [0, 0.1) is 27.2 Å². The molecule has 0 aromatic heterocycles. The minimum absolute atomic E-state index is 0.101. The van der Waals surface area contributed by atoms with E-state index in [1.807, 2.05) is 0 Å². The van der Waals surface area contributed by atoms with Gasteiger partial charge in [-0.05, 0) is 13.0 Å². The van der Waals surface area contributed by atoms with Gasteiger partial charge >= 0.3 is 0 Å². The van der Waals surface area contributed by atoms with Crippen molar-refractivity contribution >= 4 is 11.8 Å². The molecule has 0 bridgehead atoms. The minimum Gasteiger partial charge on any atom is -0.259 e. The van der Waals surface area contributed by atoms with Gasteiger partial charge in [0, 0.05) is 11.6 Å². The zero-order valence-corrected chi connectivity index (χ0v) is 7.91. The fourth-order valence-electron chi connectivity index (χ4n) is 1.21. The van der Waals surface area contributed by atoms with Crippen LogP contribution < -0.4 is 0 Å². The number of nitro benzene ring substituents is 1. The molecule has 0 aliphatic heterocycles. The van der Waals surface area contributed by atoms with Crippen molar-refractivity contribution in [3.8, 4) is 0 Å². The Hall–Kier alpha value is -2.24. The van der Waals surface area contributed by atoms with Gasteiger partial charge in [0.2, 0.25) is 6.20 Å². The summed E-state index contributed by atoms with van der Waals surface area (Å²) in [6, 6.07) is 4.66. The van der Waals surface area contributed by atoms with Gasteiger partial charge in [0.05, 0.1) is 15.4 Å². The molecule has 0 aliphatic carbocycles. The second-order valence-electron chi connectivity index (χ2n) is 2.87. The normalized spacial score (nSPS) is 10.5. The molecule has 0 spiro atoms. The Morgan fingerprint density at radius 2 is 1.93 bits per heavy atom. The fourth-order valence-corrected chi connectivity index (χ4v) is 1.21. The second-order valence-corrected chi connectivity index (χ2v) is 2.87. The maximum atomic E-state index is 10.7. The van der Waals surface area contributed by atoms with Crippen LogP contribution in [-0.2, 0) is 0 Å². The van der Waals surface area contributed by atoms with Crippen LogP contribution in [0.25, 0.3) is 6.08 Å². The van der Waals surface area contributed by atoms with Gasteiger partial charge in [-0.15, -0.1) is 0 Å². The molecule has 0 fully saturated rings. The standard InChI is InChI=1S/C9H8N2O4/c1-7-3-2-4-8(5-6-10(12)13)9(7)11(14)15/h2-6H,1H3/b6-5+. The molecule has 6 heteroatoms. The minimum atomic E-state index is -0.661. The van der Waals surface area contributed by atoms with Crippen LogP contribution in [0.1, 0.15) is 11.1 Å². The molecular formula is C9H8N2O4. The van der Waals surface area contributed by atoms with Crippen LogP contribution in [-0.4, -0.2) is 9.85 Å². The van der Waals surface area contributed by atoms with Crippen molar-refractivity contribution < 1.29 is 9.85 Å². The smallest absolute Gasteiger partial charge is 0.259 e. The number of nitro groups is 2. The molecular weight excluding hydrogens is 200 g/mol. The van der Waals surface area contributed by atoms with E-state index in [9.17, 15) is 20.2 Å². The zero-order valence-electron chi connectivity index (χ0n) is 7.91. The van der Waals surface area contributed by atoms with Crippen molar-refractivity contribution in [1.82, 2.24) is 0 Å². The molecule has 6 nitrogen and oxygen atoms in total. The third kappa shape index (κ3) is 2.60. The Morgan fingerprint density at radius 3 is 2.47 bits per heavy atom. The lowest BCUT2D eigenvalue weighted by Crippen LogP contribution is -1.95. The third-order valence-corrected chi connectivity index (χ3v) is 1.83. The van der Waals surface area contributed by atoms with E-state index in [-0.39, 0.29) is 11.3 Å². The third-order valence-electron chi connectivity index (χ3n) is 1.83. The Bertz CT molecular complexity index is 440. The zero-order chi connectivity index (χ0) is 11.4. The summed E-state index contributed by atoms with van der Waals surface area (Å²) in [6.07, 6.45) is 1.80. The quantitative estimate of drug-likeness (QED) is 0.562. The predicted molar refractivity (Wildman–Crippen MR) is 53.9 cm³/mol. The second kappa shape index (κ2) is 4.32. The van der Waals surface area contributed by atoms with Gasteiger partial charge in [-0.2, -0.15) is 0 Å². The van der Waals surface area contributed by atoms with Crippen molar-refractivity contribution in [1.29, 1.82) is 0 Å². The Kier molecular flexibility index (Phi) is 3.12. The molecule has 0 N–H and O–H groups in total. The number of rotatable bonds is 3. The van der Waals surface area contributed by atoms with Crippen LogP contribution in [0.5, 0.6) is 0 Å². The van der Waals surface area contributed by atoms with Gasteiger partial charge in [-0.1, -0.05) is 12.1 Å². The first-order valence-electron chi connectivity index (χ1n) is 4.08. The molecule has 0 aliphatic rings. The first-order valence-corrected chi connectivity index (χ1v) is 4.08. The largest absolute Gasteiger partial charge is 0.279 e. The molecule has 0 unspecified atom stereocenters.